The Morgan fingerprint density at radius 2 is 1.39 bits per heavy atom. The van der Waals surface area contributed by atoms with E-state index in [9.17, 15) is 4.79 Å². The first-order valence-corrected chi connectivity index (χ1v) is 11.5. The molecule has 0 aromatic heterocycles. The van der Waals surface area contributed by atoms with Crippen molar-refractivity contribution >= 4 is 5.91 Å². The largest absolute Gasteiger partial charge is 0.371 e. The summed E-state index contributed by atoms with van der Waals surface area (Å²) < 4.78 is 6.34. The molecule has 1 N–H and O–H groups in total. The second-order valence-electron chi connectivity index (χ2n) is 8.47. The summed E-state index contributed by atoms with van der Waals surface area (Å²) >= 11 is 0. The molecule has 33 heavy (non-hydrogen) atoms. The molecule has 3 nitrogen and oxygen atoms in total. The quantitative estimate of drug-likeness (QED) is 0.384. The fourth-order valence-corrected chi connectivity index (χ4v) is 4.53. The lowest BCUT2D eigenvalue weighted by atomic mass is 9.85. The molecule has 2 atom stereocenters. The zero-order chi connectivity index (χ0) is 22.5. The molecule has 0 aliphatic heterocycles. The minimum Gasteiger partial charge on any atom is -0.371 e. The van der Waals surface area contributed by atoms with Crippen molar-refractivity contribution in [3.05, 3.63) is 131 Å². The van der Waals surface area contributed by atoms with Crippen molar-refractivity contribution in [2.24, 2.45) is 0 Å². The molecule has 1 amide bonds. The molecule has 0 unspecified atom stereocenters. The van der Waals surface area contributed by atoms with Crippen LogP contribution in [0.2, 0.25) is 0 Å². The summed E-state index contributed by atoms with van der Waals surface area (Å²) in [5.74, 6) is -0.0791. The summed E-state index contributed by atoms with van der Waals surface area (Å²) in [5.41, 5.74) is 6.45. The third-order valence-corrected chi connectivity index (χ3v) is 6.31. The van der Waals surface area contributed by atoms with Gasteiger partial charge in [-0.25, -0.2) is 0 Å². The van der Waals surface area contributed by atoms with Gasteiger partial charge in [-0.15, -0.1) is 0 Å². The van der Waals surface area contributed by atoms with Crippen LogP contribution < -0.4 is 5.32 Å². The Balaban J connectivity index is 1.34. The van der Waals surface area contributed by atoms with Gasteiger partial charge in [0, 0.05) is 5.56 Å². The number of fused-ring (bicyclic) bond motifs is 1. The summed E-state index contributed by atoms with van der Waals surface area (Å²) in [7, 11) is 0. The molecule has 164 valence electrons. The average Bonchev–Trinajstić information content (AvgIpc) is 2.89. The fraction of sp³-hybridized carbons (Fsp3) is 0.167. The van der Waals surface area contributed by atoms with Gasteiger partial charge in [0.15, 0.2) is 0 Å². The topological polar surface area (TPSA) is 38.3 Å². The van der Waals surface area contributed by atoms with Crippen LogP contribution in [-0.4, -0.2) is 12.0 Å². The lowest BCUT2D eigenvalue weighted by Gasteiger charge is -2.34. The SMILES string of the molecule is O=C(N[C@@H]1c2ccccc2CC[C@H]1OCc1ccccc1)c1ccc(-c2ccccc2)cc1. The minimum atomic E-state index is -0.181. The molecule has 0 spiro atoms. The molecule has 5 rings (SSSR count). The molecule has 0 bridgehead atoms. The maximum absolute atomic E-state index is 13.2. The Kier molecular flexibility index (Phi) is 6.32. The highest BCUT2D eigenvalue weighted by atomic mass is 16.5. The molecule has 0 heterocycles. The molecule has 0 fully saturated rings. The standard InChI is InChI=1S/C30H27NO2/c32-30(26-17-15-24(16-18-26)23-11-5-2-6-12-23)31-29-27-14-8-7-13-25(27)19-20-28(29)33-21-22-9-3-1-4-10-22/h1-18,28-29H,19-21H2,(H,31,32)/t28-,29-/m1/s1. The Labute approximate surface area is 195 Å². The first-order valence-electron chi connectivity index (χ1n) is 11.5. The lowest BCUT2D eigenvalue weighted by Crippen LogP contribution is -2.40. The van der Waals surface area contributed by atoms with Crippen molar-refractivity contribution in [1.29, 1.82) is 0 Å². The Morgan fingerprint density at radius 3 is 2.15 bits per heavy atom. The zero-order valence-electron chi connectivity index (χ0n) is 18.5. The van der Waals surface area contributed by atoms with Crippen LogP contribution >= 0.6 is 0 Å². The number of rotatable bonds is 6. The number of carbonyl (C=O) groups is 1. The van der Waals surface area contributed by atoms with Crippen LogP contribution in [0.5, 0.6) is 0 Å². The van der Waals surface area contributed by atoms with Gasteiger partial charge in [-0.2, -0.15) is 0 Å². The molecule has 0 radical (unpaired) electrons. The van der Waals surface area contributed by atoms with Gasteiger partial charge in [0.05, 0.1) is 18.8 Å². The number of amides is 1. The molecule has 1 aliphatic rings. The van der Waals surface area contributed by atoms with E-state index in [2.05, 4.69) is 47.8 Å². The molecular formula is C30H27NO2. The number of aryl methyl sites for hydroxylation is 1. The smallest absolute Gasteiger partial charge is 0.251 e. The van der Waals surface area contributed by atoms with Crippen molar-refractivity contribution in [3.8, 4) is 11.1 Å². The van der Waals surface area contributed by atoms with Crippen molar-refractivity contribution in [2.45, 2.75) is 31.6 Å². The van der Waals surface area contributed by atoms with Crippen molar-refractivity contribution in [1.82, 2.24) is 5.32 Å². The highest BCUT2D eigenvalue weighted by molar-refractivity contribution is 5.95. The monoisotopic (exact) mass is 433 g/mol. The van der Waals surface area contributed by atoms with Crippen LogP contribution in [0.1, 0.15) is 39.5 Å². The van der Waals surface area contributed by atoms with E-state index in [1.165, 1.54) is 5.56 Å². The zero-order valence-corrected chi connectivity index (χ0v) is 18.5. The summed E-state index contributed by atoms with van der Waals surface area (Å²) in [6.45, 7) is 0.534. The maximum Gasteiger partial charge on any atom is 0.251 e. The normalized spacial score (nSPS) is 17.2. The Morgan fingerprint density at radius 1 is 0.758 bits per heavy atom. The number of hydrogen-bond acceptors (Lipinski definition) is 2. The van der Waals surface area contributed by atoms with Gasteiger partial charge in [0.1, 0.15) is 0 Å². The van der Waals surface area contributed by atoms with E-state index >= 15 is 0 Å². The van der Waals surface area contributed by atoms with Gasteiger partial charge >= 0.3 is 0 Å². The summed E-state index contributed by atoms with van der Waals surface area (Å²) in [5, 5.41) is 3.27. The molecule has 0 saturated carbocycles. The molecule has 0 saturated heterocycles. The van der Waals surface area contributed by atoms with Gasteiger partial charge in [0.25, 0.3) is 5.91 Å². The van der Waals surface area contributed by atoms with E-state index in [0.29, 0.717) is 12.2 Å². The van der Waals surface area contributed by atoms with E-state index in [-0.39, 0.29) is 18.1 Å². The van der Waals surface area contributed by atoms with Crippen molar-refractivity contribution in [3.63, 3.8) is 0 Å². The molecule has 4 aromatic carbocycles. The summed E-state index contributed by atoms with van der Waals surface area (Å²) in [6.07, 6.45) is 1.75. The van der Waals surface area contributed by atoms with E-state index in [1.807, 2.05) is 66.7 Å². The van der Waals surface area contributed by atoms with Gasteiger partial charge < -0.3 is 10.1 Å². The van der Waals surface area contributed by atoms with Crippen LogP contribution in [0.4, 0.5) is 0 Å². The van der Waals surface area contributed by atoms with E-state index in [1.54, 1.807) is 0 Å². The highest BCUT2D eigenvalue weighted by Crippen LogP contribution is 2.33. The maximum atomic E-state index is 13.2. The van der Waals surface area contributed by atoms with Crippen LogP contribution in [0.15, 0.2) is 109 Å². The van der Waals surface area contributed by atoms with Gasteiger partial charge in [-0.1, -0.05) is 97.1 Å². The third-order valence-electron chi connectivity index (χ3n) is 6.31. The van der Waals surface area contributed by atoms with Crippen LogP contribution in [0.3, 0.4) is 0 Å². The second-order valence-corrected chi connectivity index (χ2v) is 8.47. The number of benzene rings is 4. The molecular weight excluding hydrogens is 406 g/mol. The minimum absolute atomic E-state index is 0.0763. The average molecular weight is 434 g/mol. The molecule has 3 heteroatoms. The number of ether oxygens (including phenoxy) is 1. The van der Waals surface area contributed by atoms with Gasteiger partial charge in [0.2, 0.25) is 0 Å². The van der Waals surface area contributed by atoms with E-state index in [4.69, 9.17) is 4.74 Å². The first-order chi connectivity index (χ1) is 16.3. The first kappa shape index (κ1) is 21.2. The van der Waals surface area contributed by atoms with E-state index in [0.717, 1.165) is 35.1 Å². The summed E-state index contributed by atoms with van der Waals surface area (Å²) in [6, 6.07) is 36.3. The van der Waals surface area contributed by atoms with Crippen molar-refractivity contribution < 1.29 is 9.53 Å². The number of nitrogens with one attached hydrogen (secondary N) is 1. The Bertz CT molecular complexity index is 1200. The summed E-state index contributed by atoms with van der Waals surface area (Å²) in [4.78, 5) is 13.2. The molecule has 4 aromatic rings. The highest BCUT2D eigenvalue weighted by Gasteiger charge is 2.31. The van der Waals surface area contributed by atoms with Gasteiger partial charge in [-0.05, 0) is 52.8 Å². The van der Waals surface area contributed by atoms with Crippen LogP contribution in [0.25, 0.3) is 11.1 Å². The predicted octanol–water partition coefficient (Wildman–Crippen LogP) is 6.36. The molecule has 1 aliphatic carbocycles. The van der Waals surface area contributed by atoms with Crippen LogP contribution in [-0.2, 0) is 17.8 Å². The van der Waals surface area contributed by atoms with Gasteiger partial charge in [-0.3, -0.25) is 4.79 Å². The lowest BCUT2D eigenvalue weighted by molar-refractivity contribution is 0.00471. The number of carbonyl (C=O) groups excluding carboxylic acids is 1. The second kappa shape index (κ2) is 9.85. The predicted molar refractivity (Wildman–Crippen MR) is 132 cm³/mol. The Hall–Kier alpha value is -3.69. The fourth-order valence-electron chi connectivity index (χ4n) is 4.53. The van der Waals surface area contributed by atoms with E-state index < -0.39 is 0 Å². The number of hydrogen-bond donors (Lipinski definition) is 1. The van der Waals surface area contributed by atoms with Crippen LogP contribution in [0, 0.1) is 0 Å². The third kappa shape index (κ3) is 4.89. The van der Waals surface area contributed by atoms with Crippen molar-refractivity contribution in [2.75, 3.05) is 0 Å².